The first-order chi connectivity index (χ1) is 12.3. The molecule has 4 nitrogen and oxygen atoms in total. The van der Waals surface area contributed by atoms with Gasteiger partial charge in [-0.1, -0.05) is 48.5 Å². The van der Waals surface area contributed by atoms with Crippen LogP contribution in [0.1, 0.15) is 5.56 Å². The van der Waals surface area contributed by atoms with E-state index in [0.717, 1.165) is 22.0 Å². The lowest BCUT2D eigenvalue weighted by atomic mass is 10.1. The first-order valence-corrected chi connectivity index (χ1v) is 7.76. The lowest BCUT2D eigenvalue weighted by Gasteiger charge is -1.98. The number of aliphatic imine (C=N–C) groups is 2. The van der Waals surface area contributed by atoms with Crippen LogP contribution in [0.3, 0.4) is 0 Å². The number of esters is 1. The van der Waals surface area contributed by atoms with Crippen LogP contribution in [0.4, 0.5) is 11.4 Å². The van der Waals surface area contributed by atoms with Crippen LogP contribution >= 0.6 is 0 Å². The van der Waals surface area contributed by atoms with Gasteiger partial charge in [-0.05, 0) is 35.0 Å². The van der Waals surface area contributed by atoms with E-state index in [-0.39, 0.29) is 0 Å². The first kappa shape index (κ1) is 16.4. The molecule has 0 aliphatic heterocycles. The van der Waals surface area contributed by atoms with Crippen LogP contribution in [0, 0.1) is 0 Å². The Labute approximate surface area is 145 Å². The molecule has 3 aromatic rings. The van der Waals surface area contributed by atoms with Gasteiger partial charge in [0.1, 0.15) is 6.01 Å². The van der Waals surface area contributed by atoms with Gasteiger partial charge >= 0.3 is 5.97 Å². The van der Waals surface area contributed by atoms with Gasteiger partial charge in [0.2, 0.25) is 0 Å². The minimum atomic E-state index is -0.413. The second-order valence-corrected chi connectivity index (χ2v) is 5.27. The van der Waals surface area contributed by atoms with Crippen molar-refractivity contribution in [3.05, 3.63) is 78.4 Å². The molecule has 0 fully saturated rings. The summed E-state index contributed by atoms with van der Waals surface area (Å²) in [6.45, 7) is 0. The number of ether oxygens (including phenoxy) is 1. The standard InChI is InChI=1S/C21H16N2O2/c1-25-21(24)13-11-17-7-4-5-9-20(17)23-15-22-19-12-10-16-6-2-3-8-18(16)14-19/h2-14H,1H3/b13-11+. The summed E-state index contributed by atoms with van der Waals surface area (Å²) >= 11 is 0. The van der Waals surface area contributed by atoms with E-state index in [1.807, 2.05) is 60.7 Å². The Morgan fingerprint density at radius 2 is 1.72 bits per heavy atom. The van der Waals surface area contributed by atoms with Crippen molar-refractivity contribution in [3.8, 4) is 0 Å². The van der Waals surface area contributed by atoms with Crippen molar-refractivity contribution < 1.29 is 9.53 Å². The Balaban J connectivity index is 1.86. The van der Waals surface area contributed by atoms with Crippen LogP contribution in [-0.4, -0.2) is 19.1 Å². The summed E-state index contributed by atoms with van der Waals surface area (Å²) in [6.07, 6.45) is 3.01. The summed E-state index contributed by atoms with van der Waals surface area (Å²) in [5, 5.41) is 2.28. The van der Waals surface area contributed by atoms with Gasteiger partial charge in [-0.2, -0.15) is 9.98 Å². The zero-order chi connectivity index (χ0) is 17.5. The van der Waals surface area contributed by atoms with E-state index in [0.29, 0.717) is 5.69 Å². The van der Waals surface area contributed by atoms with Gasteiger partial charge in [-0.15, -0.1) is 0 Å². The molecule has 3 aromatic carbocycles. The van der Waals surface area contributed by atoms with Crippen molar-refractivity contribution >= 4 is 40.2 Å². The third-order valence-electron chi connectivity index (χ3n) is 3.62. The second kappa shape index (κ2) is 7.86. The predicted octanol–water partition coefficient (Wildman–Crippen LogP) is 5.16. The largest absolute Gasteiger partial charge is 0.466 e. The van der Waals surface area contributed by atoms with Crippen LogP contribution in [0.15, 0.2) is 82.8 Å². The zero-order valence-corrected chi connectivity index (χ0v) is 13.7. The van der Waals surface area contributed by atoms with E-state index in [1.165, 1.54) is 13.2 Å². The number of methoxy groups -OCH3 is 1. The maximum atomic E-state index is 11.2. The molecule has 0 spiro atoms. The number of benzene rings is 3. The lowest BCUT2D eigenvalue weighted by molar-refractivity contribution is -0.134. The predicted molar refractivity (Wildman–Crippen MR) is 101 cm³/mol. The summed E-state index contributed by atoms with van der Waals surface area (Å²) in [5.41, 5.74) is 2.24. The van der Waals surface area contributed by atoms with Crippen molar-refractivity contribution in [2.75, 3.05) is 7.11 Å². The highest BCUT2D eigenvalue weighted by Crippen LogP contribution is 2.22. The molecule has 0 N–H and O–H groups in total. The molecule has 0 aromatic heterocycles. The van der Waals surface area contributed by atoms with E-state index < -0.39 is 5.97 Å². The number of rotatable bonds is 4. The fraction of sp³-hybridized carbons (Fsp3) is 0.0476. The monoisotopic (exact) mass is 328 g/mol. The Bertz CT molecular complexity index is 999. The van der Waals surface area contributed by atoms with Crippen LogP contribution in [0.25, 0.3) is 16.8 Å². The Morgan fingerprint density at radius 1 is 0.960 bits per heavy atom. The topological polar surface area (TPSA) is 51.0 Å². The third-order valence-corrected chi connectivity index (χ3v) is 3.62. The van der Waals surface area contributed by atoms with Gasteiger partial charge in [0.05, 0.1) is 18.5 Å². The van der Waals surface area contributed by atoms with E-state index in [2.05, 4.69) is 26.8 Å². The molecule has 3 rings (SSSR count). The van der Waals surface area contributed by atoms with Crippen LogP contribution in [-0.2, 0) is 9.53 Å². The Morgan fingerprint density at radius 3 is 2.56 bits per heavy atom. The minimum Gasteiger partial charge on any atom is -0.466 e. The highest BCUT2D eigenvalue weighted by Gasteiger charge is 1.98. The number of carbonyl (C=O) groups excluding carboxylic acids is 1. The van der Waals surface area contributed by atoms with Crippen LogP contribution in [0.5, 0.6) is 0 Å². The number of para-hydroxylation sites is 1. The van der Waals surface area contributed by atoms with Gasteiger partial charge in [-0.25, -0.2) is 4.79 Å². The van der Waals surface area contributed by atoms with Crippen LogP contribution in [0.2, 0.25) is 0 Å². The number of hydrogen-bond donors (Lipinski definition) is 0. The molecule has 0 radical (unpaired) electrons. The maximum absolute atomic E-state index is 11.2. The molecule has 0 saturated heterocycles. The van der Waals surface area contributed by atoms with Gasteiger partial charge < -0.3 is 4.74 Å². The fourth-order valence-electron chi connectivity index (χ4n) is 2.34. The van der Waals surface area contributed by atoms with Gasteiger partial charge in [0.25, 0.3) is 0 Å². The molecule has 0 heterocycles. The van der Waals surface area contributed by atoms with Crippen molar-refractivity contribution in [2.45, 2.75) is 0 Å². The SMILES string of the molecule is COC(=O)/C=C/c1ccccc1N=C=Nc1ccc2ccccc2c1. The number of nitrogens with zero attached hydrogens (tertiary/aromatic N) is 2. The average Bonchev–Trinajstić information content (AvgIpc) is 2.67. The number of fused-ring (bicyclic) bond motifs is 1. The van der Waals surface area contributed by atoms with Crippen molar-refractivity contribution in [3.63, 3.8) is 0 Å². The normalized spacial score (nSPS) is 10.4. The smallest absolute Gasteiger partial charge is 0.330 e. The second-order valence-electron chi connectivity index (χ2n) is 5.27. The Hall–Kier alpha value is -3.49. The quantitative estimate of drug-likeness (QED) is 0.377. The Kier molecular flexibility index (Phi) is 5.15. The molecule has 122 valence electrons. The molecule has 0 saturated carbocycles. The fourth-order valence-corrected chi connectivity index (χ4v) is 2.34. The van der Waals surface area contributed by atoms with Crippen molar-refractivity contribution in [1.29, 1.82) is 0 Å². The van der Waals surface area contributed by atoms with E-state index >= 15 is 0 Å². The third kappa shape index (κ3) is 4.28. The van der Waals surface area contributed by atoms with Crippen LogP contribution < -0.4 is 0 Å². The summed E-state index contributed by atoms with van der Waals surface area (Å²) in [6, 6.07) is 24.2. The molecular weight excluding hydrogens is 312 g/mol. The molecule has 0 amide bonds. The summed E-state index contributed by atoms with van der Waals surface area (Å²) < 4.78 is 4.60. The van der Waals surface area contributed by atoms with Crippen molar-refractivity contribution in [2.24, 2.45) is 9.98 Å². The first-order valence-electron chi connectivity index (χ1n) is 7.76. The molecule has 0 atom stereocenters. The van der Waals surface area contributed by atoms with Gasteiger partial charge in [-0.3, -0.25) is 0 Å². The highest BCUT2D eigenvalue weighted by molar-refractivity contribution is 5.88. The lowest BCUT2D eigenvalue weighted by Crippen LogP contribution is -1.93. The van der Waals surface area contributed by atoms with E-state index in [4.69, 9.17) is 0 Å². The zero-order valence-electron chi connectivity index (χ0n) is 13.7. The summed E-state index contributed by atoms with van der Waals surface area (Å²) in [7, 11) is 1.34. The van der Waals surface area contributed by atoms with E-state index in [9.17, 15) is 4.79 Å². The molecule has 0 bridgehead atoms. The molecule has 0 unspecified atom stereocenters. The van der Waals surface area contributed by atoms with Crippen molar-refractivity contribution in [1.82, 2.24) is 0 Å². The van der Waals surface area contributed by atoms with Gasteiger partial charge in [0, 0.05) is 11.6 Å². The molecule has 25 heavy (non-hydrogen) atoms. The number of hydrogen-bond acceptors (Lipinski definition) is 4. The van der Waals surface area contributed by atoms with Gasteiger partial charge in [0.15, 0.2) is 0 Å². The van der Waals surface area contributed by atoms with E-state index in [1.54, 1.807) is 6.08 Å². The highest BCUT2D eigenvalue weighted by atomic mass is 16.5. The molecule has 0 aliphatic rings. The minimum absolute atomic E-state index is 0.413. The summed E-state index contributed by atoms with van der Waals surface area (Å²) in [5.74, 6) is -0.413. The molecule has 4 heteroatoms. The molecule has 0 aliphatic carbocycles. The number of carbonyl (C=O) groups is 1. The maximum Gasteiger partial charge on any atom is 0.330 e. The molecular formula is C21H16N2O2. The average molecular weight is 328 g/mol. The summed E-state index contributed by atoms with van der Waals surface area (Å²) in [4.78, 5) is 19.8.